The number of aryl methyl sites for hydroxylation is 1. The summed E-state index contributed by atoms with van der Waals surface area (Å²) in [6.45, 7) is 6.73. The number of hydrogen-bond acceptors (Lipinski definition) is 10. The number of rotatable bonds is 8. The smallest absolute Gasteiger partial charge is 0.411 e. The zero-order valence-corrected chi connectivity index (χ0v) is 23.9. The minimum atomic E-state index is -1.09. The number of aliphatic hydroxyl groups is 1. The van der Waals surface area contributed by atoms with E-state index in [-0.39, 0.29) is 12.4 Å². The minimum absolute atomic E-state index is 0.0224. The van der Waals surface area contributed by atoms with Gasteiger partial charge in [-0.15, -0.1) is 11.3 Å². The number of nitrogens with zero attached hydrogens (tertiary/aromatic N) is 4. The van der Waals surface area contributed by atoms with Gasteiger partial charge in [-0.05, 0) is 57.5 Å². The molecule has 3 heterocycles. The summed E-state index contributed by atoms with van der Waals surface area (Å²) >= 11 is 1.38. The molecule has 0 radical (unpaired) electrons. The molecular weight excluding hydrogens is 549 g/mol. The van der Waals surface area contributed by atoms with Crippen LogP contribution in [0.15, 0.2) is 48.8 Å². The predicted octanol–water partition coefficient (Wildman–Crippen LogP) is 6.00. The van der Waals surface area contributed by atoms with Gasteiger partial charge in [-0.25, -0.2) is 24.1 Å². The minimum Gasteiger partial charge on any atom is -0.484 e. The van der Waals surface area contributed by atoms with Gasteiger partial charge in [0, 0.05) is 17.7 Å². The van der Waals surface area contributed by atoms with Crippen LogP contribution in [0.25, 0.3) is 31.8 Å². The molecule has 0 saturated carbocycles. The third-order valence-corrected chi connectivity index (χ3v) is 7.12. The van der Waals surface area contributed by atoms with Gasteiger partial charge in [-0.3, -0.25) is 10.3 Å². The fourth-order valence-electron chi connectivity index (χ4n) is 4.07. The van der Waals surface area contributed by atoms with Crippen LogP contribution < -0.4 is 14.8 Å². The van der Waals surface area contributed by atoms with Crippen molar-refractivity contribution in [3.8, 4) is 22.2 Å². The third kappa shape index (κ3) is 6.34. The van der Waals surface area contributed by atoms with E-state index in [1.807, 2.05) is 19.1 Å². The molecule has 0 aliphatic carbocycles. The molecule has 10 nitrogen and oxygen atoms in total. The average Bonchev–Trinajstić information content (AvgIpc) is 3.33. The Kier molecular flexibility index (Phi) is 7.70. The van der Waals surface area contributed by atoms with Crippen molar-refractivity contribution in [2.45, 2.75) is 39.4 Å². The van der Waals surface area contributed by atoms with Gasteiger partial charge >= 0.3 is 6.09 Å². The first-order chi connectivity index (χ1) is 19.5. The Labute approximate surface area is 239 Å². The van der Waals surface area contributed by atoms with Gasteiger partial charge in [-0.2, -0.15) is 0 Å². The van der Waals surface area contributed by atoms with E-state index in [1.165, 1.54) is 30.7 Å². The van der Waals surface area contributed by atoms with E-state index in [1.54, 1.807) is 45.2 Å². The van der Waals surface area contributed by atoms with Gasteiger partial charge in [0.1, 0.15) is 23.3 Å². The first kappa shape index (κ1) is 28.1. The van der Waals surface area contributed by atoms with Crippen LogP contribution >= 0.6 is 11.3 Å². The standard InChI is InChI=1S/C29H28FN5O5S/c1-15-8-18(26-21(9-15)34-25(38-5)13-32-26)27-35-20-10-19(30)22(11-23(20)41-27)40-16(2)14-39-28(36)33-17-6-7-24(31-12-17)29(3,4)37/h6-13,16,37H,14H2,1-5H3,(H,33,36)/t16-/m0/s1. The number of ether oxygens (including phenoxy) is 3. The van der Waals surface area contributed by atoms with Crippen molar-refractivity contribution in [1.82, 2.24) is 19.9 Å². The number of nitrogens with one attached hydrogen (secondary N) is 1. The van der Waals surface area contributed by atoms with Crippen molar-refractivity contribution in [3.05, 3.63) is 65.9 Å². The van der Waals surface area contributed by atoms with Crippen molar-refractivity contribution in [2.75, 3.05) is 19.0 Å². The average molecular weight is 578 g/mol. The predicted molar refractivity (Wildman–Crippen MR) is 154 cm³/mol. The Morgan fingerprint density at radius 3 is 2.63 bits per heavy atom. The highest BCUT2D eigenvalue weighted by atomic mass is 32.1. The lowest BCUT2D eigenvalue weighted by molar-refractivity contribution is 0.0739. The molecule has 0 fully saturated rings. The Morgan fingerprint density at radius 1 is 1.12 bits per heavy atom. The van der Waals surface area contributed by atoms with Crippen LogP contribution in [0.2, 0.25) is 0 Å². The summed E-state index contributed by atoms with van der Waals surface area (Å²) in [7, 11) is 1.54. The van der Waals surface area contributed by atoms with E-state index >= 15 is 0 Å². The summed E-state index contributed by atoms with van der Waals surface area (Å²) in [5.41, 5.74) is 3.37. The maximum Gasteiger partial charge on any atom is 0.411 e. The monoisotopic (exact) mass is 577 g/mol. The molecule has 0 aliphatic rings. The quantitative estimate of drug-likeness (QED) is 0.228. The van der Waals surface area contributed by atoms with Crippen molar-refractivity contribution in [1.29, 1.82) is 0 Å². The van der Waals surface area contributed by atoms with Crippen LogP contribution in [0.5, 0.6) is 11.6 Å². The van der Waals surface area contributed by atoms with E-state index < -0.39 is 23.6 Å². The summed E-state index contributed by atoms with van der Waals surface area (Å²) in [5, 5.41) is 13.2. The molecule has 41 heavy (non-hydrogen) atoms. The van der Waals surface area contributed by atoms with E-state index in [2.05, 4.69) is 25.3 Å². The van der Waals surface area contributed by atoms with Gasteiger partial charge in [0.15, 0.2) is 11.6 Å². The largest absolute Gasteiger partial charge is 0.484 e. The summed E-state index contributed by atoms with van der Waals surface area (Å²) in [5.74, 6) is -0.146. The number of pyridine rings is 1. The number of halogens is 1. The van der Waals surface area contributed by atoms with Gasteiger partial charge in [0.05, 0.1) is 52.1 Å². The Balaban J connectivity index is 1.27. The molecule has 1 amide bonds. The van der Waals surface area contributed by atoms with Crippen LogP contribution in [0.1, 0.15) is 32.0 Å². The molecule has 0 unspecified atom stereocenters. The Bertz CT molecular complexity index is 1740. The molecule has 2 N–H and O–H groups in total. The molecule has 5 rings (SSSR count). The van der Waals surface area contributed by atoms with E-state index in [0.717, 1.165) is 15.8 Å². The summed E-state index contributed by atoms with van der Waals surface area (Å²) in [4.78, 5) is 30.0. The fourth-order valence-corrected chi connectivity index (χ4v) is 5.06. The Hall–Kier alpha value is -4.42. The van der Waals surface area contributed by atoms with Crippen LogP contribution in [0, 0.1) is 12.7 Å². The molecule has 0 spiro atoms. The number of thiazole rings is 1. The normalized spacial score (nSPS) is 12.4. The fraction of sp³-hybridized carbons (Fsp3) is 0.276. The second-order valence-corrected chi connectivity index (χ2v) is 11.0. The first-order valence-corrected chi connectivity index (χ1v) is 13.5. The van der Waals surface area contributed by atoms with Gasteiger partial charge in [0.2, 0.25) is 5.88 Å². The van der Waals surface area contributed by atoms with E-state index in [4.69, 9.17) is 14.2 Å². The summed E-state index contributed by atoms with van der Waals surface area (Å²) in [6, 6.07) is 10.0. The van der Waals surface area contributed by atoms with Gasteiger partial charge < -0.3 is 19.3 Å². The lowest BCUT2D eigenvalue weighted by Crippen LogP contribution is -2.24. The number of carbonyl (C=O) groups is 1. The van der Waals surface area contributed by atoms with Crippen LogP contribution in [-0.2, 0) is 10.3 Å². The number of fused-ring (bicyclic) bond motifs is 2. The number of methoxy groups -OCH3 is 1. The van der Waals surface area contributed by atoms with Crippen molar-refractivity contribution in [2.24, 2.45) is 0 Å². The molecule has 1 atom stereocenters. The zero-order chi connectivity index (χ0) is 29.3. The van der Waals surface area contributed by atoms with E-state index in [9.17, 15) is 14.3 Å². The number of carbonyl (C=O) groups excluding carboxylic acids is 1. The molecule has 5 aromatic rings. The number of benzene rings is 2. The molecule has 2 aromatic carbocycles. The van der Waals surface area contributed by atoms with Gasteiger partial charge in [0.25, 0.3) is 0 Å². The Morgan fingerprint density at radius 2 is 1.93 bits per heavy atom. The number of anilines is 1. The molecule has 0 aliphatic heterocycles. The maximum absolute atomic E-state index is 15.0. The summed E-state index contributed by atoms with van der Waals surface area (Å²) in [6.07, 6.45) is 1.62. The van der Waals surface area contributed by atoms with Crippen molar-refractivity contribution >= 4 is 44.4 Å². The van der Waals surface area contributed by atoms with Gasteiger partial charge in [-0.1, -0.05) is 0 Å². The molecular formula is C29H28FN5O5S. The lowest BCUT2D eigenvalue weighted by atomic mass is 10.1. The molecule has 3 aromatic heterocycles. The van der Waals surface area contributed by atoms with Crippen LogP contribution in [0.3, 0.4) is 0 Å². The topological polar surface area (TPSA) is 129 Å². The second-order valence-electron chi connectivity index (χ2n) is 10.0. The summed E-state index contributed by atoms with van der Waals surface area (Å²) < 4.78 is 31.9. The highest BCUT2D eigenvalue weighted by Crippen LogP contribution is 2.37. The molecule has 0 saturated heterocycles. The van der Waals surface area contributed by atoms with Crippen LogP contribution in [0.4, 0.5) is 14.9 Å². The molecule has 0 bridgehead atoms. The first-order valence-electron chi connectivity index (χ1n) is 12.7. The second kappa shape index (κ2) is 11.2. The number of amides is 1. The molecule has 12 heteroatoms. The highest BCUT2D eigenvalue weighted by Gasteiger charge is 2.19. The third-order valence-electron chi connectivity index (χ3n) is 6.06. The van der Waals surface area contributed by atoms with Crippen LogP contribution in [-0.4, -0.2) is 51.0 Å². The number of aromatic nitrogens is 4. The maximum atomic E-state index is 15.0. The molecule has 212 valence electrons. The lowest BCUT2D eigenvalue weighted by Gasteiger charge is -2.17. The van der Waals surface area contributed by atoms with Crippen molar-refractivity contribution < 1.29 is 28.5 Å². The van der Waals surface area contributed by atoms with Crippen molar-refractivity contribution in [3.63, 3.8) is 0 Å². The SMILES string of the molecule is COc1cnc2c(-c3nc4cc(F)c(O[C@@H](C)COC(=O)Nc5ccc(C(C)(C)O)nc5)cc4s3)cc(C)cc2n1. The number of hydrogen-bond donors (Lipinski definition) is 2. The zero-order valence-electron chi connectivity index (χ0n) is 23.1. The van der Waals surface area contributed by atoms with E-state index in [0.29, 0.717) is 38.8 Å². The highest BCUT2D eigenvalue weighted by molar-refractivity contribution is 7.21.